The number of rotatable bonds is 8. The van der Waals surface area contributed by atoms with Crippen molar-refractivity contribution in [3.63, 3.8) is 0 Å². The lowest BCUT2D eigenvalue weighted by atomic mass is 9.95. The van der Waals surface area contributed by atoms with E-state index in [9.17, 15) is 5.11 Å². The molecule has 0 heterocycles. The molecule has 0 aliphatic heterocycles. The molecule has 0 aromatic carbocycles. The smallest absolute Gasteiger partial charge is 0.0644 e. The Morgan fingerprint density at radius 3 is 2.24 bits per heavy atom. The van der Waals surface area contributed by atoms with Crippen LogP contribution in [0.4, 0.5) is 0 Å². The summed E-state index contributed by atoms with van der Waals surface area (Å²) in [7, 11) is 0. The lowest BCUT2D eigenvalue weighted by Crippen LogP contribution is -2.24. The lowest BCUT2D eigenvalue weighted by molar-refractivity contribution is 0.0264. The van der Waals surface area contributed by atoms with Crippen LogP contribution in [0.25, 0.3) is 0 Å². The third-order valence-corrected chi connectivity index (χ3v) is 2.92. The molecule has 0 radical (unpaired) electrons. The lowest BCUT2D eigenvalue weighted by Gasteiger charge is -2.21. The standard InChI is InChI=1S/C15H28O2/c1-13(2)7-5-8-14(3)9-6-10-15(4,17)11-12-16/h7,9,16-17H,5-6,8,10-12H2,1-4H3/b14-9+/t15-/m0/s1. The summed E-state index contributed by atoms with van der Waals surface area (Å²) in [5.74, 6) is 0. The maximum Gasteiger partial charge on any atom is 0.0644 e. The topological polar surface area (TPSA) is 40.5 Å². The summed E-state index contributed by atoms with van der Waals surface area (Å²) in [4.78, 5) is 0. The molecule has 0 amide bonds. The van der Waals surface area contributed by atoms with Gasteiger partial charge in [0.05, 0.1) is 5.60 Å². The Morgan fingerprint density at radius 1 is 1.06 bits per heavy atom. The molecule has 2 heteroatoms. The largest absolute Gasteiger partial charge is 0.396 e. The SMILES string of the molecule is CC(C)=CCC/C(C)=C/CC[C@](C)(O)CCO. The number of allylic oxidation sites excluding steroid dienone is 4. The van der Waals surface area contributed by atoms with E-state index in [1.54, 1.807) is 6.92 Å². The zero-order chi connectivity index (χ0) is 13.3. The number of aliphatic hydroxyl groups is 2. The van der Waals surface area contributed by atoms with Crippen LogP contribution in [0.3, 0.4) is 0 Å². The highest BCUT2D eigenvalue weighted by Gasteiger charge is 2.17. The van der Waals surface area contributed by atoms with Gasteiger partial charge in [-0.3, -0.25) is 0 Å². The highest BCUT2D eigenvalue weighted by Crippen LogP contribution is 2.17. The van der Waals surface area contributed by atoms with Crippen molar-refractivity contribution >= 4 is 0 Å². The highest BCUT2D eigenvalue weighted by atomic mass is 16.3. The van der Waals surface area contributed by atoms with Crippen molar-refractivity contribution in [3.8, 4) is 0 Å². The Labute approximate surface area is 106 Å². The van der Waals surface area contributed by atoms with Crippen LogP contribution in [0.1, 0.15) is 59.8 Å². The fourth-order valence-electron chi connectivity index (χ4n) is 1.69. The van der Waals surface area contributed by atoms with Crippen LogP contribution in [0.15, 0.2) is 23.3 Å². The van der Waals surface area contributed by atoms with Crippen LogP contribution in [-0.4, -0.2) is 22.4 Å². The highest BCUT2D eigenvalue weighted by molar-refractivity contribution is 5.02. The van der Waals surface area contributed by atoms with Gasteiger partial charge < -0.3 is 10.2 Å². The summed E-state index contributed by atoms with van der Waals surface area (Å²) in [6, 6.07) is 0. The summed E-state index contributed by atoms with van der Waals surface area (Å²) >= 11 is 0. The van der Waals surface area contributed by atoms with Gasteiger partial charge in [-0.2, -0.15) is 0 Å². The summed E-state index contributed by atoms with van der Waals surface area (Å²) < 4.78 is 0. The molecule has 100 valence electrons. The van der Waals surface area contributed by atoms with E-state index in [1.165, 1.54) is 11.1 Å². The molecule has 1 atom stereocenters. The third kappa shape index (κ3) is 10.3. The molecule has 0 saturated carbocycles. The fraction of sp³-hybridized carbons (Fsp3) is 0.733. The first-order valence-corrected chi connectivity index (χ1v) is 6.49. The van der Waals surface area contributed by atoms with Crippen LogP contribution in [0, 0.1) is 0 Å². The first kappa shape index (κ1) is 16.4. The van der Waals surface area contributed by atoms with Gasteiger partial charge >= 0.3 is 0 Å². The third-order valence-electron chi connectivity index (χ3n) is 2.92. The first-order chi connectivity index (χ1) is 7.87. The Morgan fingerprint density at radius 2 is 1.71 bits per heavy atom. The molecule has 0 unspecified atom stereocenters. The van der Waals surface area contributed by atoms with Crippen LogP contribution in [0.2, 0.25) is 0 Å². The molecule has 0 fully saturated rings. The normalized spacial score (nSPS) is 15.5. The number of aliphatic hydroxyl groups excluding tert-OH is 1. The van der Waals surface area contributed by atoms with Gasteiger partial charge in [0.15, 0.2) is 0 Å². The molecule has 0 rings (SSSR count). The van der Waals surface area contributed by atoms with Crippen LogP contribution in [0.5, 0.6) is 0 Å². The van der Waals surface area contributed by atoms with Crippen LogP contribution < -0.4 is 0 Å². The van der Waals surface area contributed by atoms with E-state index in [2.05, 4.69) is 32.9 Å². The van der Waals surface area contributed by atoms with E-state index in [4.69, 9.17) is 5.11 Å². The first-order valence-electron chi connectivity index (χ1n) is 6.49. The van der Waals surface area contributed by atoms with Gasteiger partial charge in [-0.15, -0.1) is 0 Å². The van der Waals surface area contributed by atoms with Gasteiger partial charge in [0.25, 0.3) is 0 Å². The van der Waals surface area contributed by atoms with E-state index >= 15 is 0 Å². The minimum absolute atomic E-state index is 0.0519. The van der Waals surface area contributed by atoms with Gasteiger partial charge in [-0.05, 0) is 59.8 Å². The van der Waals surface area contributed by atoms with Crippen molar-refractivity contribution in [2.24, 2.45) is 0 Å². The molecule has 2 N–H and O–H groups in total. The Balaban J connectivity index is 3.87. The van der Waals surface area contributed by atoms with Gasteiger partial charge in [-0.25, -0.2) is 0 Å². The summed E-state index contributed by atoms with van der Waals surface area (Å²) in [5, 5.41) is 18.7. The summed E-state index contributed by atoms with van der Waals surface area (Å²) in [6.45, 7) is 8.21. The van der Waals surface area contributed by atoms with Crippen molar-refractivity contribution in [2.45, 2.75) is 65.4 Å². The average Bonchev–Trinajstić information content (AvgIpc) is 2.16. The Hall–Kier alpha value is -0.600. The molecule has 0 aliphatic carbocycles. The van der Waals surface area contributed by atoms with Gasteiger partial charge in [-0.1, -0.05) is 23.3 Å². The molecule has 0 bridgehead atoms. The molecule has 2 nitrogen and oxygen atoms in total. The number of hydrogen-bond acceptors (Lipinski definition) is 2. The second kappa shape index (κ2) is 8.48. The Bertz CT molecular complexity index is 258. The van der Waals surface area contributed by atoms with E-state index < -0.39 is 5.60 Å². The van der Waals surface area contributed by atoms with E-state index in [0.717, 1.165) is 19.3 Å². The quantitative estimate of drug-likeness (QED) is 0.636. The summed E-state index contributed by atoms with van der Waals surface area (Å²) in [6.07, 6.45) is 8.69. The van der Waals surface area contributed by atoms with Crippen molar-refractivity contribution in [1.29, 1.82) is 0 Å². The van der Waals surface area contributed by atoms with Crippen molar-refractivity contribution in [3.05, 3.63) is 23.3 Å². The average molecular weight is 240 g/mol. The minimum Gasteiger partial charge on any atom is -0.396 e. The van der Waals surface area contributed by atoms with Gasteiger partial charge in [0.1, 0.15) is 0 Å². The maximum absolute atomic E-state index is 9.88. The fourth-order valence-corrected chi connectivity index (χ4v) is 1.69. The monoisotopic (exact) mass is 240 g/mol. The van der Waals surface area contributed by atoms with Crippen LogP contribution >= 0.6 is 0 Å². The maximum atomic E-state index is 9.88. The molecule has 0 aliphatic rings. The van der Waals surface area contributed by atoms with Gasteiger partial charge in [0.2, 0.25) is 0 Å². The van der Waals surface area contributed by atoms with Crippen LogP contribution in [-0.2, 0) is 0 Å². The molecule has 0 saturated heterocycles. The van der Waals surface area contributed by atoms with Crippen molar-refractivity contribution in [2.75, 3.05) is 6.61 Å². The molecular formula is C15H28O2. The molecule has 0 aromatic heterocycles. The van der Waals surface area contributed by atoms with Crippen molar-refractivity contribution < 1.29 is 10.2 Å². The van der Waals surface area contributed by atoms with Crippen molar-refractivity contribution in [1.82, 2.24) is 0 Å². The minimum atomic E-state index is -0.731. The molecule has 0 aromatic rings. The zero-order valence-corrected chi connectivity index (χ0v) is 11.8. The second-order valence-electron chi connectivity index (χ2n) is 5.38. The van der Waals surface area contributed by atoms with E-state index in [1.807, 2.05) is 0 Å². The Kier molecular flexibility index (Phi) is 8.19. The molecule has 17 heavy (non-hydrogen) atoms. The molecule has 0 spiro atoms. The predicted molar refractivity (Wildman–Crippen MR) is 74.0 cm³/mol. The summed E-state index contributed by atoms with van der Waals surface area (Å²) in [5.41, 5.74) is 2.01. The van der Waals surface area contributed by atoms with E-state index in [0.29, 0.717) is 12.8 Å². The zero-order valence-electron chi connectivity index (χ0n) is 11.8. The number of hydrogen-bond donors (Lipinski definition) is 2. The van der Waals surface area contributed by atoms with E-state index in [-0.39, 0.29) is 6.61 Å². The molecular weight excluding hydrogens is 212 g/mol. The predicted octanol–water partition coefficient (Wildman–Crippen LogP) is 3.59. The second-order valence-corrected chi connectivity index (χ2v) is 5.38. The van der Waals surface area contributed by atoms with Gasteiger partial charge in [0, 0.05) is 6.61 Å².